The molecule has 0 bridgehead atoms. The highest BCUT2D eigenvalue weighted by molar-refractivity contribution is 7.89. The van der Waals surface area contributed by atoms with Crippen molar-refractivity contribution in [2.75, 3.05) is 13.2 Å². The number of carbonyl (C=O) groups is 1. The fourth-order valence-electron chi connectivity index (χ4n) is 2.67. The third kappa shape index (κ3) is 2.97. The lowest BCUT2D eigenvalue weighted by atomic mass is 10.2. The molecular formula is C13H20N2O5S. The zero-order chi connectivity index (χ0) is 15.6. The van der Waals surface area contributed by atoms with Gasteiger partial charge in [-0.3, -0.25) is 0 Å². The van der Waals surface area contributed by atoms with E-state index in [1.807, 2.05) is 6.92 Å². The molecule has 0 aliphatic carbocycles. The van der Waals surface area contributed by atoms with Gasteiger partial charge in [0.15, 0.2) is 0 Å². The first kappa shape index (κ1) is 16.0. The second kappa shape index (κ2) is 6.17. The number of sulfonamides is 1. The number of aromatic carboxylic acids is 1. The van der Waals surface area contributed by atoms with Crippen molar-refractivity contribution in [2.45, 2.75) is 43.7 Å². The van der Waals surface area contributed by atoms with E-state index in [4.69, 9.17) is 5.11 Å². The summed E-state index contributed by atoms with van der Waals surface area (Å²) in [7, 11) is -3.76. The SMILES string of the molecule is CCCn1cc(S(=O)(=O)N2CCCC2CO)cc1C(=O)O. The van der Waals surface area contributed by atoms with Gasteiger partial charge in [0.05, 0.1) is 6.61 Å². The predicted molar refractivity (Wildman–Crippen MR) is 75.7 cm³/mol. The first-order valence-electron chi connectivity index (χ1n) is 6.98. The van der Waals surface area contributed by atoms with Crippen molar-refractivity contribution in [3.63, 3.8) is 0 Å². The third-order valence-electron chi connectivity index (χ3n) is 3.70. The number of nitrogens with zero attached hydrogens (tertiary/aromatic N) is 2. The summed E-state index contributed by atoms with van der Waals surface area (Å²) in [6, 6.07) is 0.776. The number of hydrogen-bond donors (Lipinski definition) is 2. The van der Waals surface area contributed by atoms with Crippen LogP contribution in [0.5, 0.6) is 0 Å². The molecule has 1 aromatic heterocycles. The standard InChI is InChI=1S/C13H20N2O5S/c1-2-5-14-8-11(7-12(14)13(17)18)21(19,20)15-6-3-4-10(15)9-16/h7-8,10,16H,2-6,9H2,1H3,(H,17,18). The fraction of sp³-hybridized carbons (Fsp3) is 0.615. The smallest absolute Gasteiger partial charge is 0.352 e. The van der Waals surface area contributed by atoms with Gasteiger partial charge in [0, 0.05) is 25.3 Å². The van der Waals surface area contributed by atoms with Gasteiger partial charge in [0.25, 0.3) is 0 Å². The van der Waals surface area contributed by atoms with Gasteiger partial charge < -0.3 is 14.8 Å². The van der Waals surface area contributed by atoms with Crippen LogP contribution in [-0.2, 0) is 16.6 Å². The van der Waals surface area contributed by atoms with Crippen LogP contribution in [0.3, 0.4) is 0 Å². The van der Waals surface area contributed by atoms with Crippen LogP contribution < -0.4 is 0 Å². The van der Waals surface area contributed by atoms with Crippen LogP contribution in [0.1, 0.15) is 36.7 Å². The Hall–Kier alpha value is -1.38. The molecule has 1 aliphatic heterocycles. The van der Waals surface area contributed by atoms with Crippen LogP contribution in [0, 0.1) is 0 Å². The molecule has 118 valence electrons. The Kier molecular flexibility index (Phi) is 4.70. The lowest BCUT2D eigenvalue weighted by Gasteiger charge is -2.21. The van der Waals surface area contributed by atoms with E-state index < -0.39 is 22.0 Å². The summed E-state index contributed by atoms with van der Waals surface area (Å²) in [5.41, 5.74) is -0.0322. The van der Waals surface area contributed by atoms with Gasteiger partial charge >= 0.3 is 5.97 Å². The molecule has 1 aliphatic rings. The topological polar surface area (TPSA) is 99.8 Å². The summed E-state index contributed by atoms with van der Waals surface area (Å²) >= 11 is 0. The second-order valence-electron chi connectivity index (χ2n) is 5.15. The number of aliphatic hydroxyl groups excluding tert-OH is 1. The normalized spacial score (nSPS) is 20.0. The molecule has 0 radical (unpaired) electrons. The quantitative estimate of drug-likeness (QED) is 0.806. The molecule has 0 amide bonds. The molecule has 7 nitrogen and oxygen atoms in total. The van der Waals surface area contributed by atoms with Crippen molar-refractivity contribution in [3.8, 4) is 0 Å². The summed E-state index contributed by atoms with van der Waals surface area (Å²) in [5, 5.41) is 18.4. The van der Waals surface area contributed by atoms with E-state index in [1.54, 1.807) is 0 Å². The summed E-state index contributed by atoms with van der Waals surface area (Å²) in [4.78, 5) is 11.2. The van der Waals surface area contributed by atoms with E-state index in [9.17, 15) is 18.3 Å². The van der Waals surface area contributed by atoms with Crippen molar-refractivity contribution < 1.29 is 23.4 Å². The van der Waals surface area contributed by atoms with E-state index in [1.165, 1.54) is 21.1 Å². The maximum absolute atomic E-state index is 12.6. The Morgan fingerprint density at radius 1 is 1.48 bits per heavy atom. The predicted octanol–water partition coefficient (Wildman–Crippen LogP) is 0.742. The molecule has 2 heterocycles. The second-order valence-corrected chi connectivity index (χ2v) is 7.04. The monoisotopic (exact) mass is 316 g/mol. The summed E-state index contributed by atoms with van der Waals surface area (Å²) in [5.74, 6) is -1.15. The number of aliphatic hydroxyl groups is 1. The number of carboxylic acids is 1. The molecule has 2 rings (SSSR count). The molecule has 21 heavy (non-hydrogen) atoms. The van der Waals surface area contributed by atoms with Crippen LogP contribution in [-0.4, -0.2) is 52.7 Å². The number of hydrogen-bond acceptors (Lipinski definition) is 4. The highest BCUT2D eigenvalue weighted by Crippen LogP contribution is 2.27. The lowest BCUT2D eigenvalue weighted by molar-refractivity contribution is 0.0685. The van der Waals surface area contributed by atoms with Gasteiger partial charge in [-0.15, -0.1) is 0 Å². The summed E-state index contributed by atoms with van der Waals surface area (Å²) in [6.45, 7) is 2.47. The number of rotatable bonds is 6. The van der Waals surface area contributed by atoms with E-state index in [2.05, 4.69) is 0 Å². The average molecular weight is 316 g/mol. The Bertz CT molecular complexity index is 623. The van der Waals surface area contributed by atoms with Gasteiger partial charge in [-0.2, -0.15) is 4.31 Å². The van der Waals surface area contributed by atoms with E-state index in [0.29, 0.717) is 32.4 Å². The third-order valence-corrected chi connectivity index (χ3v) is 5.61. The van der Waals surface area contributed by atoms with Crippen LogP contribution in [0.2, 0.25) is 0 Å². The number of aromatic nitrogens is 1. The van der Waals surface area contributed by atoms with Crippen molar-refractivity contribution >= 4 is 16.0 Å². The van der Waals surface area contributed by atoms with E-state index in [-0.39, 0.29) is 17.2 Å². The van der Waals surface area contributed by atoms with E-state index >= 15 is 0 Å². The highest BCUT2D eigenvalue weighted by atomic mass is 32.2. The van der Waals surface area contributed by atoms with Crippen LogP contribution in [0.15, 0.2) is 17.2 Å². The minimum absolute atomic E-state index is 0.0197. The van der Waals surface area contributed by atoms with Gasteiger partial charge in [-0.05, 0) is 25.3 Å². The summed E-state index contributed by atoms with van der Waals surface area (Å²) in [6.07, 6.45) is 3.40. The largest absolute Gasteiger partial charge is 0.477 e. The Balaban J connectivity index is 2.40. The molecule has 0 saturated carbocycles. The Morgan fingerprint density at radius 2 is 2.19 bits per heavy atom. The Labute approximate surface area is 123 Å². The molecule has 1 unspecified atom stereocenters. The van der Waals surface area contributed by atoms with Crippen molar-refractivity contribution in [1.82, 2.24) is 8.87 Å². The zero-order valence-electron chi connectivity index (χ0n) is 11.9. The first-order chi connectivity index (χ1) is 9.91. The first-order valence-corrected chi connectivity index (χ1v) is 8.42. The molecule has 0 spiro atoms. The number of carboxylic acid groups (broad SMARTS) is 1. The number of aryl methyl sites for hydroxylation is 1. The molecular weight excluding hydrogens is 296 g/mol. The minimum Gasteiger partial charge on any atom is -0.477 e. The van der Waals surface area contributed by atoms with Crippen LogP contribution in [0.25, 0.3) is 0 Å². The maximum atomic E-state index is 12.6. The molecule has 2 N–H and O–H groups in total. The fourth-order valence-corrected chi connectivity index (χ4v) is 4.40. The molecule has 0 aromatic carbocycles. The van der Waals surface area contributed by atoms with Gasteiger partial charge in [0.2, 0.25) is 10.0 Å². The lowest BCUT2D eigenvalue weighted by Crippen LogP contribution is -2.37. The van der Waals surface area contributed by atoms with Gasteiger partial charge in [-0.1, -0.05) is 6.92 Å². The molecule has 1 saturated heterocycles. The van der Waals surface area contributed by atoms with Crippen molar-refractivity contribution in [2.24, 2.45) is 0 Å². The molecule has 1 atom stereocenters. The minimum atomic E-state index is -3.76. The molecule has 8 heteroatoms. The molecule has 1 fully saturated rings. The van der Waals surface area contributed by atoms with Crippen LogP contribution >= 0.6 is 0 Å². The maximum Gasteiger partial charge on any atom is 0.352 e. The average Bonchev–Trinajstić information content (AvgIpc) is 3.05. The molecule has 1 aromatic rings. The van der Waals surface area contributed by atoms with Gasteiger partial charge in [0.1, 0.15) is 10.6 Å². The van der Waals surface area contributed by atoms with Crippen molar-refractivity contribution in [3.05, 3.63) is 18.0 Å². The Morgan fingerprint density at radius 3 is 2.76 bits per heavy atom. The highest BCUT2D eigenvalue weighted by Gasteiger charge is 2.36. The van der Waals surface area contributed by atoms with Gasteiger partial charge in [-0.25, -0.2) is 13.2 Å². The van der Waals surface area contributed by atoms with E-state index in [0.717, 1.165) is 0 Å². The zero-order valence-corrected chi connectivity index (χ0v) is 12.7. The summed E-state index contributed by atoms with van der Waals surface area (Å²) < 4.78 is 27.9. The van der Waals surface area contributed by atoms with Crippen LogP contribution in [0.4, 0.5) is 0 Å². The van der Waals surface area contributed by atoms with Crippen molar-refractivity contribution in [1.29, 1.82) is 0 Å².